The number of hydrogen-bond donors (Lipinski definition) is 1. The third-order valence-electron chi connectivity index (χ3n) is 3.13. The Bertz CT molecular complexity index is 969. The summed E-state index contributed by atoms with van der Waals surface area (Å²) in [6.45, 7) is 0.544. The predicted molar refractivity (Wildman–Crippen MR) is 126 cm³/mol. The number of hydrogen-bond acceptors (Lipinski definition) is 10. The maximum atomic E-state index is 10.6. The van der Waals surface area contributed by atoms with E-state index in [2.05, 4.69) is 14.9 Å². The number of ether oxygens (including phenoxy) is 4. The summed E-state index contributed by atoms with van der Waals surface area (Å²) in [5, 5.41) is 8.48. The molecule has 0 atom stereocenters. The average molecular weight is 529 g/mol. The van der Waals surface area contributed by atoms with Crippen molar-refractivity contribution in [2.24, 2.45) is 0 Å². The molecule has 0 spiro atoms. The number of benzene rings is 2. The predicted octanol–water partition coefficient (Wildman–Crippen LogP) is 2.30. The highest BCUT2D eigenvalue weighted by atomic mass is 35.7. The topological polar surface area (TPSA) is 135 Å². The lowest BCUT2D eigenvalue weighted by Gasteiger charge is -2.06. The summed E-state index contributed by atoms with van der Waals surface area (Å²) in [5.41, 5.74) is 0. The van der Waals surface area contributed by atoms with Crippen LogP contribution >= 0.6 is 10.7 Å². The van der Waals surface area contributed by atoms with E-state index in [9.17, 15) is 16.8 Å². The first-order valence-corrected chi connectivity index (χ1v) is 13.8. The van der Waals surface area contributed by atoms with Crippen LogP contribution < -0.4 is 18.9 Å². The van der Waals surface area contributed by atoms with Crippen LogP contribution in [0, 0.1) is 0 Å². The van der Waals surface area contributed by atoms with E-state index in [1.54, 1.807) is 50.6 Å². The molecule has 13 heteroatoms. The van der Waals surface area contributed by atoms with Crippen LogP contribution in [0.5, 0.6) is 23.0 Å². The third kappa shape index (κ3) is 20.1. The first kappa shape index (κ1) is 30.8. The SMILES string of the molecule is COc1ccc(OCCO)cc1.COc1ccc(OCCOS(C)(=O)=O)cc1.CS(=O)(=O)Cl. The lowest BCUT2D eigenvalue weighted by molar-refractivity contribution is 0.201. The van der Waals surface area contributed by atoms with Crippen LogP contribution in [0.2, 0.25) is 0 Å². The summed E-state index contributed by atoms with van der Waals surface area (Å²) >= 11 is 0. The van der Waals surface area contributed by atoms with Gasteiger partial charge < -0.3 is 24.1 Å². The molecule has 0 aliphatic rings. The molecule has 2 rings (SSSR count). The van der Waals surface area contributed by atoms with Crippen LogP contribution in [-0.4, -0.2) is 75.1 Å². The highest BCUT2D eigenvalue weighted by molar-refractivity contribution is 8.13. The molecule has 0 unspecified atom stereocenters. The summed E-state index contributed by atoms with van der Waals surface area (Å²) in [5.74, 6) is 2.91. The Morgan fingerprint density at radius 2 is 1.03 bits per heavy atom. The Kier molecular flexibility index (Phi) is 15.3. The molecule has 0 aliphatic heterocycles. The van der Waals surface area contributed by atoms with E-state index in [1.165, 1.54) is 0 Å². The van der Waals surface area contributed by atoms with Crippen molar-refractivity contribution in [1.29, 1.82) is 0 Å². The molecule has 1 N–H and O–H groups in total. The zero-order chi connectivity index (χ0) is 25.3. The number of rotatable bonds is 10. The molecule has 33 heavy (non-hydrogen) atoms. The fourth-order valence-electron chi connectivity index (χ4n) is 1.85. The minimum absolute atomic E-state index is 0.00482. The zero-order valence-corrected chi connectivity index (χ0v) is 21.2. The van der Waals surface area contributed by atoms with E-state index < -0.39 is 19.2 Å². The normalized spacial score (nSPS) is 10.6. The summed E-state index contributed by atoms with van der Waals surface area (Å²) in [6.07, 6.45) is 1.93. The lowest BCUT2D eigenvalue weighted by Crippen LogP contribution is -2.11. The molecule has 0 saturated heterocycles. The van der Waals surface area contributed by atoms with Crippen LogP contribution in [0.15, 0.2) is 48.5 Å². The van der Waals surface area contributed by atoms with Gasteiger partial charge in [-0.2, -0.15) is 8.42 Å². The van der Waals surface area contributed by atoms with E-state index in [0.29, 0.717) is 12.4 Å². The fourth-order valence-corrected chi connectivity index (χ4v) is 2.22. The zero-order valence-electron chi connectivity index (χ0n) is 18.8. The Hall–Kier alpha value is -2.25. The standard InChI is InChI=1S/C10H14O5S.C9H12O3.CH3ClO2S/c1-13-9-3-5-10(6-4-9)14-7-8-15-16(2,11)12;1-11-8-2-4-9(5-3-8)12-7-6-10;1-5(2,3)4/h3-6H,7-8H2,1-2H3;2-5,10H,6-7H2,1H3;1H3. The van der Waals surface area contributed by atoms with Crippen LogP contribution in [0.3, 0.4) is 0 Å². The highest BCUT2D eigenvalue weighted by Gasteiger charge is 2.01. The molecule has 0 aromatic heterocycles. The lowest BCUT2D eigenvalue weighted by atomic mass is 10.3. The highest BCUT2D eigenvalue weighted by Crippen LogP contribution is 2.17. The monoisotopic (exact) mass is 528 g/mol. The van der Waals surface area contributed by atoms with Gasteiger partial charge in [-0.1, -0.05) is 0 Å². The number of halogens is 1. The van der Waals surface area contributed by atoms with Gasteiger partial charge in [0, 0.05) is 10.7 Å². The van der Waals surface area contributed by atoms with E-state index >= 15 is 0 Å². The second kappa shape index (κ2) is 16.4. The fraction of sp³-hybridized carbons (Fsp3) is 0.400. The van der Waals surface area contributed by atoms with E-state index in [-0.39, 0.29) is 19.8 Å². The van der Waals surface area contributed by atoms with Crippen molar-refractivity contribution in [1.82, 2.24) is 0 Å². The van der Waals surface area contributed by atoms with Crippen molar-refractivity contribution < 1.29 is 45.1 Å². The van der Waals surface area contributed by atoms with Crippen molar-refractivity contribution in [2.45, 2.75) is 0 Å². The Labute approximate surface area is 199 Å². The molecule has 0 amide bonds. The van der Waals surface area contributed by atoms with Crippen molar-refractivity contribution in [3.63, 3.8) is 0 Å². The molecule has 2 aromatic rings. The first-order chi connectivity index (χ1) is 15.4. The summed E-state index contributed by atoms with van der Waals surface area (Å²) in [6, 6.07) is 14.2. The van der Waals surface area contributed by atoms with Crippen molar-refractivity contribution in [2.75, 3.05) is 53.2 Å². The molecular formula is C20H29ClO10S2. The number of aliphatic hydroxyl groups is 1. The van der Waals surface area contributed by atoms with Gasteiger partial charge in [0.25, 0.3) is 10.1 Å². The van der Waals surface area contributed by atoms with Crippen molar-refractivity contribution in [3.05, 3.63) is 48.5 Å². The maximum absolute atomic E-state index is 10.6. The summed E-state index contributed by atoms with van der Waals surface area (Å²) in [7, 11) is 1.11. The van der Waals surface area contributed by atoms with Crippen LogP contribution in [0.1, 0.15) is 0 Å². The van der Waals surface area contributed by atoms with E-state index in [4.69, 9.17) is 24.1 Å². The summed E-state index contributed by atoms with van der Waals surface area (Å²) in [4.78, 5) is 0. The van der Waals surface area contributed by atoms with Gasteiger partial charge in [-0.15, -0.1) is 0 Å². The molecule has 10 nitrogen and oxygen atoms in total. The van der Waals surface area contributed by atoms with Gasteiger partial charge in [0.15, 0.2) is 0 Å². The largest absolute Gasteiger partial charge is 0.497 e. The van der Waals surface area contributed by atoms with Gasteiger partial charge in [0.05, 0.1) is 33.3 Å². The smallest absolute Gasteiger partial charge is 0.264 e. The molecule has 0 heterocycles. The van der Waals surface area contributed by atoms with Crippen LogP contribution in [0.25, 0.3) is 0 Å². The minimum atomic E-state index is -3.39. The van der Waals surface area contributed by atoms with Crippen LogP contribution in [0.4, 0.5) is 0 Å². The van der Waals surface area contributed by atoms with Gasteiger partial charge in [-0.05, 0) is 48.5 Å². The Morgan fingerprint density at radius 1 is 0.697 bits per heavy atom. The van der Waals surface area contributed by atoms with E-state index in [0.717, 1.165) is 29.8 Å². The number of methoxy groups -OCH3 is 2. The molecule has 188 valence electrons. The van der Waals surface area contributed by atoms with Crippen molar-refractivity contribution in [3.8, 4) is 23.0 Å². The van der Waals surface area contributed by atoms with Crippen LogP contribution in [-0.2, 0) is 23.4 Å². The molecule has 0 aliphatic carbocycles. The molecule has 2 aromatic carbocycles. The molecule has 0 bridgehead atoms. The van der Waals surface area contributed by atoms with Gasteiger partial charge in [0.2, 0.25) is 9.05 Å². The van der Waals surface area contributed by atoms with Gasteiger partial charge >= 0.3 is 0 Å². The second-order valence-electron chi connectivity index (χ2n) is 5.98. The molecular weight excluding hydrogens is 500 g/mol. The Morgan fingerprint density at radius 3 is 1.33 bits per heavy atom. The first-order valence-electron chi connectivity index (χ1n) is 9.26. The number of aliphatic hydroxyl groups excluding tert-OH is 1. The second-order valence-corrected chi connectivity index (χ2v) is 10.7. The van der Waals surface area contributed by atoms with Crippen molar-refractivity contribution >= 4 is 29.9 Å². The summed E-state index contributed by atoms with van der Waals surface area (Å²) < 4.78 is 64.9. The third-order valence-corrected chi connectivity index (χ3v) is 3.72. The maximum Gasteiger partial charge on any atom is 0.264 e. The Balaban J connectivity index is 0.000000530. The van der Waals surface area contributed by atoms with Gasteiger partial charge in [-0.3, -0.25) is 4.18 Å². The molecule has 0 radical (unpaired) electrons. The average Bonchev–Trinajstić information content (AvgIpc) is 2.75. The molecule has 0 fully saturated rings. The quantitative estimate of drug-likeness (QED) is 0.278. The molecule has 0 saturated carbocycles. The minimum Gasteiger partial charge on any atom is -0.497 e. The van der Waals surface area contributed by atoms with Gasteiger partial charge in [0.1, 0.15) is 42.8 Å². The van der Waals surface area contributed by atoms with E-state index in [1.807, 2.05) is 12.1 Å². The van der Waals surface area contributed by atoms with Gasteiger partial charge in [-0.25, -0.2) is 8.42 Å².